The molecule has 0 aliphatic rings. The van der Waals surface area contributed by atoms with Gasteiger partial charge in [-0.2, -0.15) is 0 Å². The summed E-state index contributed by atoms with van der Waals surface area (Å²) in [6, 6.07) is 0. The van der Waals surface area contributed by atoms with Gasteiger partial charge in [-0.25, -0.2) is 4.57 Å². The van der Waals surface area contributed by atoms with Crippen LogP contribution in [0.4, 0.5) is 0 Å². The number of carbonyl (C=O) groups is 1. The second-order valence-electron chi connectivity index (χ2n) is 10.3. The largest absolute Gasteiger partial charge is 0.472 e. The van der Waals surface area contributed by atoms with Crippen LogP contribution >= 0.6 is 7.82 Å². The Kier molecular flexibility index (Phi) is 21.9. The van der Waals surface area contributed by atoms with Crippen molar-refractivity contribution in [2.75, 3.05) is 47.5 Å². The van der Waals surface area contributed by atoms with Crippen molar-refractivity contribution >= 4 is 13.8 Å². The minimum Gasteiger partial charge on any atom is -0.463 e. The van der Waals surface area contributed by atoms with Crippen molar-refractivity contribution < 1.29 is 37.6 Å². The van der Waals surface area contributed by atoms with Gasteiger partial charge in [-0.1, -0.05) is 69.1 Å². The molecule has 0 fully saturated rings. The average Bonchev–Trinajstić information content (AvgIpc) is 2.82. The Bertz CT molecular complexity index is 701. The number of aliphatic hydroxyl groups excluding tert-OH is 1. The smallest absolute Gasteiger partial charge is 0.463 e. The molecule has 0 spiro atoms. The van der Waals surface area contributed by atoms with Crippen LogP contribution in [0, 0.1) is 0 Å². The maximum atomic E-state index is 11.8. The number of ether oxygens (including phenoxy) is 1. The predicted octanol–water partition coefficient (Wildman–Crippen LogP) is 6.10. The van der Waals surface area contributed by atoms with Gasteiger partial charge in [0.1, 0.15) is 25.9 Å². The van der Waals surface area contributed by atoms with Gasteiger partial charge in [0, 0.05) is 6.42 Å². The lowest BCUT2D eigenvalue weighted by Gasteiger charge is -2.24. The summed E-state index contributed by atoms with van der Waals surface area (Å²) in [5, 5.41) is 9.83. The minimum absolute atomic E-state index is 0.0490. The monoisotopic (exact) mass is 546 g/mol. The van der Waals surface area contributed by atoms with Crippen LogP contribution in [0.25, 0.3) is 0 Å². The third-order valence-corrected chi connectivity index (χ3v) is 6.39. The number of quaternary nitrogens is 1. The molecule has 9 heteroatoms. The maximum absolute atomic E-state index is 11.8. The molecule has 0 saturated heterocycles. The summed E-state index contributed by atoms with van der Waals surface area (Å²) >= 11 is 0. The number of rotatable bonds is 24. The number of hydrogen-bond donors (Lipinski definition) is 2. The number of phosphoric acid groups is 1. The molecule has 0 aromatic heterocycles. The first-order valence-electron chi connectivity index (χ1n) is 13.8. The molecule has 0 radical (unpaired) electrons. The van der Waals surface area contributed by atoms with Crippen molar-refractivity contribution in [3.63, 3.8) is 0 Å². The van der Waals surface area contributed by atoms with Crippen LogP contribution in [-0.4, -0.2) is 74.1 Å². The number of nitrogens with zero attached hydrogens (tertiary/aromatic N) is 1. The second kappa shape index (κ2) is 22.7. The molecule has 2 N–H and O–H groups in total. The lowest BCUT2D eigenvalue weighted by atomic mass is 10.1. The number of esters is 1. The third-order valence-electron chi connectivity index (χ3n) is 5.40. The summed E-state index contributed by atoms with van der Waals surface area (Å²) in [6.07, 6.45) is 24.3. The highest BCUT2D eigenvalue weighted by Gasteiger charge is 2.24. The topological polar surface area (TPSA) is 102 Å². The van der Waals surface area contributed by atoms with E-state index in [4.69, 9.17) is 13.8 Å². The maximum Gasteiger partial charge on any atom is 0.472 e. The molecule has 216 valence electrons. The van der Waals surface area contributed by atoms with Crippen LogP contribution < -0.4 is 0 Å². The molecule has 1 unspecified atom stereocenters. The zero-order chi connectivity index (χ0) is 27.8. The number of unbranched alkanes of at least 4 members (excludes halogenated alkanes) is 7. The summed E-state index contributed by atoms with van der Waals surface area (Å²) < 4.78 is 27.0. The lowest BCUT2D eigenvalue weighted by Crippen LogP contribution is -2.37. The first kappa shape index (κ1) is 35.7. The van der Waals surface area contributed by atoms with E-state index in [1.54, 1.807) is 0 Å². The number of hydrogen-bond acceptors (Lipinski definition) is 6. The second-order valence-corrected chi connectivity index (χ2v) is 11.7. The van der Waals surface area contributed by atoms with E-state index in [9.17, 15) is 19.4 Å². The van der Waals surface area contributed by atoms with E-state index in [2.05, 4.69) is 43.4 Å². The van der Waals surface area contributed by atoms with Gasteiger partial charge < -0.3 is 19.2 Å². The van der Waals surface area contributed by atoms with Gasteiger partial charge in [-0.05, 0) is 44.9 Å². The SMILES string of the molecule is CCCCC/C=C\C/C=C\C/C=C\CCCCCCC(=O)OC[C@@H](O)COP(=O)(O)OCC[N+](C)(C)C. The van der Waals surface area contributed by atoms with Crippen LogP contribution in [-0.2, 0) is 23.1 Å². The Morgan fingerprint density at radius 3 is 2.00 bits per heavy atom. The van der Waals surface area contributed by atoms with E-state index in [0.29, 0.717) is 11.0 Å². The number of likely N-dealkylation sites (N-methyl/N-ethyl adjacent to an activating group) is 1. The quantitative estimate of drug-likeness (QED) is 0.0496. The van der Waals surface area contributed by atoms with Gasteiger partial charge in [-0.3, -0.25) is 13.8 Å². The van der Waals surface area contributed by atoms with Crippen LogP contribution in [0.2, 0.25) is 0 Å². The van der Waals surface area contributed by atoms with Crippen molar-refractivity contribution in [1.82, 2.24) is 0 Å². The van der Waals surface area contributed by atoms with Gasteiger partial charge in [0.05, 0.1) is 27.7 Å². The van der Waals surface area contributed by atoms with Crippen LogP contribution in [0.15, 0.2) is 36.5 Å². The minimum atomic E-state index is -4.25. The van der Waals surface area contributed by atoms with E-state index in [1.165, 1.54) is 25.7 Å². The molecule has 8 nitrogen and oxygen atoms in total. The van der Waals surface area contributed by atoms with E-state index in [0.717, 1.165) is 44.9 Å². The van der Waals surface area contributed by atoms with Crippen molar-refractivity contribution in [3.05, 3.63) is 36.5 Å². The molecule has 0 aromatic rings. The highest BCUT2D eigenvalue weighted by atomic mass is 31.2. The highest BCUT2D eigenvalue weighted by molar-refractivity contribution is 7.47. The zero-order valence-electron chi connectivity index (χ0n) is 23.7. The van der Waals surface area contributed by atoms with Crippen LogP contribution in [0.1, 0.15) is 84.0 Å². The van der Waals surface area contributed by atoms with Crippen LogP contribution in [0.5, 0.6) is 0 Å². The van der Waals surface area contributed by atoms with Gasteiger partial charge in [0.2, 0.25) is 0 Å². The lowest BCUT2D eigenvalue weighted by molar-refractivity contribution is -0.870. The molecule has 0 heterocycles. The van der Waals surface area contributed by atoms with Crippen LogP contribution in [0.3, 0.4) is 0 Å². The van der Waals surface area contributed by atoms with E-state index < -0.39 is 26.5 Å². The fourth-order valence-electron chi connectivity index (χ4n) is 3.13. The molecule has 0 aromatic carbocycles. The summed E-state index contributed by atoms with van der Waals surface area (Å²) in [7, 11) is 1.54. The Morgan fingerprint density at radius 1 is 0.838 bits per heavy atom. The number of phosphoric ester groups is 1. The number of aliphatic hydroxyl groups is 1. The fourth-order valence-corrected chi connectivity index (χ4v) is 3.88. The molecule has 37 heavy (non-hydrogen) atoms. The highest BCUT2D eigenvalue weighted by Crippen LogP contribution is 2.43. The molecular formula is C28H53NO7P+. The predicted molar refractivity (Wildman–Crippen MR) is 150 cm³/mol. The van der Waals surface area contributed by atoms with E-state index in [-0.39, 0.29) is 19.6 Å². The molecule has 2 atom stereocenters. The summed E-state index contributed by atoms with van der Waals surface area (Å²) in [5.41, 5.74) is 0. The van der Waals surface area contributed by atoms with Gasteiger partial charge in [-0.15, -0.1) is 0 Å². The zero-order valence-corrected chi connectivity index (χ0v) is 24.6. The molecule has 0 amide bonds. The molecular weight excluding hydrogens is 493 g/mol. The van der Waals surface area contributed by atoms with E-state index in [1.807, 2.05) is 21.1 Å². The Labute approximate surface area is 225 Å². The van der Waals surface area contributed by atoms with Crippen molar-refractivity contribution in [3.8, 4) is 0 Å². The summed E-state index contributed by atoms with van der Waals surface area (Å²) in [5.74, 6) is -0.395. The number of carbonyl (C=O) groups excluding carboxylic acids is 1. The normalized spacial score (nSPS) is 15.1. The number of allylic oxidation sites excluding steroid dienone is 6. The molecule has 0 aliphatic carbocycles. The standard InChI is InChI=1S/C28H52NO7P/c1-5-6-7-8-9-10-11-12-13-14-15-16-17-18-19-20-21-22-28(31)34-25-27(30)26-36-37(32,33)35-24-23-29(2,3)4/h9-10,12-13,15-16,27,30H,5-8,11,14,17-26H2,1-4H3/p+1/b10-9-,13-12-,16-15-/t27-/m1/s1. The first-order valence-corrected chi connectivity index (χ1v) is 15.3. The Hall–Kier alpha value is -1.28. The first-order chi connectivity index (χ1) is 17.6. The summed E-state index contributed by atoms with van der Waals surface area (Å²) in [6.45, 7) is 2.06. The van der Waals surface area contributed by atoms with Gasteiger partial charge >= 0.3 is 13.8 Å². The molecule has 0 aliphatic heterocycles. The Morgan fingerprint density at radius 2 is 1.41 bits per heavy atom. The van der Waals surface area contributed by atoms with Crippen molar-refractivity contribution in [2.45, 2.75) is 90.1 Å². The Balaban J connectivity index is 3.66. The summed E-state index contributed by atoms with van der Waals surface area (Å²) in [4.78, 5) is 21.4. The fraction of sp³-hybridized carbons (Fsp3) is 0.750. The van der Waals surface area contributed by atoms with E-state index >= 15 is 0 Å². The van der Waals surface area contributed by atoms with Crippen molar-refractivity contribution in [1.29, 1.82) is 0 Å². The molecule has 0 bridgehead atoms. The van der Waals surface area contributed by atoms with Crippen molar-refractivity contribution in [2.24, 2.45) is 0 Å². The van der Waals surface area contributed by atoms with Gasteiger partial charge in [0.25, 0.3) is 0 Å². The third kappa shape index (κ3) is 27.6. The molecule has 0 saturated carbocycles. The van der Waals surface area contributed by atoms with Gasteiger partial charge in [0.15, 0.2) is 0 Å². The molecule has 0 rings (SSSR count). The average molecular weight is 547 g/mol.